The van der Waals surface area contributed by atoms with Crippen LogP contribution in [0, 0.1) is 5.82 Å². The normalized spacial score (nSPS) is 16.2. The number of halogens is 1. The lowest BCUT2D eigenvalue weighted by Gasteiger charge is -2.25. The van der Waals surface area contributed by atoms with Crippen LogP contribution in [-0.4, -0.2) is 27.3 Å². The molecule has 1 aliphatic rings. The van der Waals surface area contributed by atoms with E-state index in [1.807, 2.05) is 59.6 Å². The third-order valence-electron chi connectivity index (χ3n) is 6.09. The van der Waals surface area contributed by atoms with Gasteiger partial charge in [0.25, 0.3) is 0 Å². The first kappa shape index (κ1) is 19.5. The molecule has 2 aromatic heterocycles. The summed E-state index contributed by atoms with van der Waals surface area (Å²) in [7, 11) is 0. The number of hydrogen-bond acceptors (Lipinski definition) is 2. The van der Waals surface area contributed by atoms with E-state index >= 15 is 0 Å². The topological polar surface area (TPSA) is 49.0 Å². The molecule has 2 aromatic carbocycles. The van der Waals surface area contributed by atoms with Crippen molar-refractivity contribution >= 4 is 16.8 Å². The van der Waals surface area contributed by atoms with Crippen molar-refractivity contribution in [2.45, 2.75) is 31.7 Å². The number of rotatable bonds is 5. The first-order valence-corrected chi connectivity index (χ1v) is 10.7. The van der Waals surface area contributed by atoms with Crippen LogP contribution in [-0.2, 0) is 17.6 Å². The molecule has 5 heteroatoms. The van der Waals surface area contributed by atoms with E-state index in [2.05, 4.69) is 4.98 Å². The second kappa shape index (κ2) is 8.34. The number of H-pyrrole nitrogens is 1. The minimum atomic E-state index is -0.217. The Kier molecular flexibility index (Phi) is 5.24. The summed E-state index contributed by atoms with van der Waals surface area (Å²) in [6.07, 6.45) is 4.60. The summed E-state index contributed by atoms with van der Waals surface area (Å²) in [6.45, 7) is 0.741. The Morgan fingerprint density at radius 3 is 2.77 bits per heavy atom. The highest BCUT2D eigenvalue weighted by molar-refractivity contribution is 5.89. The Bertz CT molecular complexity index is 1230. The summed E-state index contributed by atoms with van der Waals surface area (Å²) in [4.78, 5) is 23.2. The summed E-state index contributed by atoms with van der Waals surface area (Å²) >= 11 is 0. The van der Waals surface area contributed by atoms with Gasteiger partial charge in [0.2, 0.25) is 5.91 Å². The van der Waals surface area contributed by atoms with Crippen LogP contribution in [0.3, 0.4) is 0 Å². The molecular formula is C26H24FN3O. The van der Waals surface area contributed by atoms with Crippen LogP contribution >= 0.6 is 0 Å². The number of likely N-dealkylation sites (tertiary alicyclic amines) is 1. The van der Waals surface area contributed by atoms with Crippen molar-refractivity contribution in [3.05, 3.63) is 101 Å². The zero-order chi connectivity index (χ0) is 21.2. The van der Waals surface area contributed by atoms with Gasteiger partial charge < -0.3 is 9.88 Å². The molecule has 1 saturated heterocycles. The van der Waals surface area contributed by atoms with Crippen molar-refractivity contribution in [3.63, 3.8) is 0 Å². The Balaban J connectivity index is 1.35. The quantitative estimate of drug-likeness (QED) is 0.489. The first-order valence-electron chi connectivity index (χ1n) is 10.7. The average molecular weight is 413 g/mol. The van der Waals surface area contributed by atoms with Crippen molar-refractivity contribution in [2.75, 3.05) is 6.54 Å². The molecular weight excluding hydrogens is 389 g/mol. The van der Waals surface area contributed by atoms with Gasteiger partial charge in [-0.05, 0) is 48.2 Å². The molecule has 1 atom stereocenters. The number of para-hydroxylation sites is 1. The van der Waals surface area contributed by atoms with Gasteiger partial charge in [0, 0.05) is 35.8 Å². The fraction of sp³-hybridized carbons (Fsp3) is 0.231. The molecule has 1 amide bonds. The predicted octanol–water partition coefficient (Wildman–Crippen LogP) is 5.20. The van der Waals surface area contributed by atoms with Crippen molar-refractivity contribution < 1.29 is 9.18 Å². The van der Waals surface area contributed by atoms with Gasteiger partial charge in [-0.3, -0.25) is 9.78 Å². The Labute approximate surface area is 180 Å². The third kappa shape index (κ3) is 3.96. The smallest absolute Gasteiger partial charge is 0.227 e. The maximum absolute atomic E-state index is 14.1. The van der Waals surface area contributed by atoms with Gasteiger partial charge >= 0.3 is 0 Å². The number of pyridine rings is 1. The monoisotopic (exact) mass is 413 g/mol. The molecule has 1 fully saturated rings. The van der Waals surface area contributed by atoms with Crippen LogP contribution in [0.1, 0.15) is 41.4 Å². The second-order valence-corrected chi connectivity index (χ2v) is 8.10. The van der Waals surface area contributed by atoms with E-state index in [0.717, 1.165) is 47.2 Å². The number of carbonyl (C=O) groups excluding carboxylic acids is 1. The summed E-state index contributed by atoms with van der Waals surface area (Å²) in [5, 5.41) is 1.09. The number of aromatic amines is 1. The average Bonchev–Trinajstić information content (AvgIpc) is 3.43. The van der Waals surface area contributed by atoms with Crippen molar-refractivity contribution in [2.24, 2.45) is 0 Å². The fourth-order valence-electron chi connectivity index (χ4n) is 4.53. The number of nitrogens with zero attached hydrogens (tertiary/aromatic N) is 2. The largest absolute Gasteiger partial charge is 0.361 e. The van der Waals surface area contributed by atoms with Crippen LogP contribution in [0.4, 0.5) is 4.39 Å². The zero-order valence-corrected chi connectivity index (χ0v) is 17.2. The minimum absolute atomic E-state index is 0.0294. The van der Waals surface area contributed by atoms with Gasteiger partial charge in [0.05, 0.1) is 18.2 Å². The summed E-state index contributed by atoms with van der Waals surface area (Å²) in [5.74, 6) is -0.0975. The molecule has 0 unspecified atom stereocenters. The summed E-state index contributed by atoms with van der Waals surface area (Å²) < 4.78 is 14.1. The van der Waals surface area contributed by atoms with E-state index in [-0.39, 0.29) is 17.8 Å². The number of amides is 1. The maximum Gasteiger partial charge on any atom is 0.227 e. The Hall–Kier alpha value is -3.47. The predicted molar refractivity (Wildman–Crippen MR) is 119 cm³/mol. The van der Waals surface area contributed by atoms with E-state index in [9.17, 15) is 9.18 Å². The number of fused-ring (bicyclic) bond motifs is 1. The molecule has 31 heavy (non-hydrogen) atoms. The zero-order valence-electron chi connectivity index (χ0n) is 17.2. The number of aromatic nitrogens is 2. The highest BCUT2D eigenvalue weighted by Crippen LogP contribution is 2.32. The highest BCUT2D eigenvalue weighted by Gasteiger charge is 2.31. The van der Waals surface area contributed by atoms with E-state index in [0.29, 0.717) is 18.4 Å². The number of hydrogen-bond donors (Lipinski definition) is 1. The lowest BCUT2D eigenvalue weighted by Crippen LogP contribution is -2.32. The van der Waals surface area contributed by atoms with Gasteiger partial charge in [0.15, 0.2) is 0 Å². The van der Waals surface area contributed by atoms with Crippen LogP contribution in [0.25, 0.3) is 10.9 Å². The summed E-state index contributed by atoms with van der Waals surface area (Å²) in [6, 6.07) is 20.7. The molecule has 4 aromatic rings. The van der Waals surface area contributed by atoms with Gasteiger partial charge in [0.1, 0.15) is 5.82 Å². The molecule has 0 spiro atoms. The van der Waals surface area contributed by atoms with E-state index in [4.69, 9.17) is 4.98 Å². The molecule has 1 N–H and O–H groups in total. The second-order valence-electron chi connectivity index (χ2n) is 8.10. The molecule has 3 heterocycles. The molecule has 0 radical (unpaired) electrons. The van der Waals surface area contributed by atoms with E-state index in [1.54, 1.807) is 12.1 Å². The van der Waals surface area contributed by atoms with Crippen molar-refractivity contribution in [1.29, 1.82) is 0 Å². The number of nitrogens with one attached hydrogen (secondary N) is 1. The number of carbonyl (C=O) groups is 1. The third-order valence-corrected chi connectivity index (χ3v) is 6.09. The molecule has 0 saturated carbocycles. The standard InChI is InChI=1S/C26H24FN3O/c27-22-10-3-1-7-18(22)15-20-8-5-12-24(29-20)25-13-6-14-30(25)26(31)16-19-17-28-23-11-4-2-9-21(19)23/h1-5,7-12,17,25,28H,6,13-16H2/t25-/m1/s1. The van der Waals surface area contributed by atoms with Gasteiger partial charge in [-0.25, -0.2) is 4.39 Å². The SMILES string of the molecule is O=C(Cc1c[nH]c2ccccc12)N1CCC[C@@H]1c1cccc(Cc2ccccc2F)n1. The molecule has 156 valence electrons. The Morgan fingerprint density at radius 2 is 1.87 bits per heavy atom. The van der Waals surface area contributed by atoms with E-state index in [1.165, 1.54) is 6.07 Å². The van der Waals surface area contributed by atoms with Gasteiger partial charge in [-0.1, -0.05) is 42.5 Å². The lowest BCUT2D eigenvalue weighted by molar-refractivity contribution is -0.131. The molecule has 5 rings (SSSR count). The molecule has 0 bridgehead atoms. The van der Waals surface area contributed by atoms with Crippen LogP contribution in [0.15, 0.2) is 72.9 Å². The van der Waals surface area contributed by atoms with Crippen LogP contribution in [0.5, 0.6) is 0 Å². The van der Waals surface area contributed by atoms with Crippen LogP contribution < -0.4 is 0 Å². The molecule has 1 aliphatic heterocycles. The Morgan fingerprint density at radius 1 is 1.03 bits per heavy atom. The number of benzene rings is 2. The van der Waals surface area contributed by atoms with E-state index < -0.39 is 0 Å². The maximum atomic E-state index is 14.1. The fourth-order valence-corrected chi connectivity index (χ4v) is 4.53. The van der Waals surface area contributed by atoms with Crippen molar-refractivity contribution in [3.8, 4) is 0 Å². The molecule has 0 aliphatic carbocycles. The summed E-state index contributed by atoms with van der Waals surface area (Å²) in [5.41, 5.74) is 4.40. The molecule has 4 nitrogen and oxygen atoms in total. The van der Waals surface area contributed by atoms with Crippen molar-refractivity contribution in [1.82, 2.24) is 14.9 Å². The first-order chi connectivity index (χ1) is 15.2. The van der Waals surface area contributed by atoms with Crippen LogP contribution in [0.2, 0.25) is 0 Å². The lowest BCUT2D eigenvalue weighted by atomic mass is 10.1. The highest BCUT2D eigenvalue weighted by atomic mass is 19.1. The minimum Gasteiger partial charge on any atom is -0.361 e. The van der Waals surface area contributed by atoms with Gasteiger partial charge in [-0.15, -0.1) is 0 Å². The van der Waals surface area contributed by atoms with Gasteiger partial charge in [-0.2, -0.15) is 0 Å².